The molecule has 0 aliphatic heterocycles. The maximum atomic E-state index is 12.9. The molecule has 0 aliphatic carbocycles. The number of hydrogen-bond donors (Lipinski definition) is 1. The molecule has 0 saturated heterocycles. The molecule has 2 aromatic rings. The Balaban J connectivity index is 2.14. The highest BCUT2D eigenvalue weighted by Crippen LogP contribution is 2.18. The van der Waals surface area contributed by atoms with Crippen molar-refractivity contribution in [1.29, 1.82) is 0 Å². The zero-order valence-corrected chi connectivity index (χ0v) is 18.4. The van der Waals surface area contributed by atoms with E-state index in [-0.39, 0.29) is 18.4 Å². The van der Waals surface area contributed by atoms with Gasteiger partial charge in [-0.05, 0) is 68.7 Å². The summed E-state index contributed by atoms with van der Waals surface area (Å²) in [6.07, 6.45) is 0. The molecule has 0 fully saturated rings. The fourth-order valence-corrected chi connectivity index (χ4v) is 3.20. The summed E-state index contributed by atoms with van der Waals surface area (Å²) in [4.78, 5) is 26.8. The molecule has 0 heterocycles. The lowest BCUT2D eigenvalue weighted by atomic mass is 10.1. The quantitative estimate of drug-likeness (QED) is 0.666. The lowest BCUT2D eigenvalue weighted by molar-refractivity contribution is -0.142. The van der Waals surface area contributed by atoms with Crippen LogP contribution < -0.4 is 10.1 Å². The Labute approximate surface area is 175 Å². The third-order valence-electron chi connectivity index (χ3n) is 4.34. The van der Waals surface area contributed by atoms with Gasteiger partial charge in [-0.2, -0.15) is 0 Å². The lowest BCUT2D eigenvalue weighted by Gasteiger charge is -2.28. The molecule has 1 N–H and O–H groups in total. The highest BCUT2D eigenvalue weighted by molar-refractivity contribution is 9.10. The SMILES string of the molecule is CCNC(=O)[C@H](C)N(Cc1ccc(Br)cc1)C(=O)COc1cc(C)cc(C)c1. The van der Waals surface area contributed by atoms with Crippen LogP contribution in [0.5, 0.6) is 5.75 Å². The molecule has 0 unspecified atom stereocenters. The van der Waals surface area contributed by atoms with Crippen molar-refractivity contribution < 1.29 is 14.3 Å². The zero-order valence-electron chi connectivity index (χ0n) is 16.8. The zero-order chi connectivity index (χ0) is 20.7. The standard InChI is InChI=1S/C22H27BrN2O3/c1-5-24-22(27)17(4)25(13-18-6-8-19(23)9-7-18)21(26)14-28-20-11-15(2)10-16(3)12-20/h6-12,17H,5,13-14H2,1-4H3,(H,24,27)/t17-/m0/s1. The molecule has 150 valence electrons. The summed E-state index contributed by atoms with van der Waals surface area (Å²) < 4.78 is 6.69. The van der Waals surface area contributed by atoms with Gasteiger partial charge in [0.25, 0.3) is 5.91 Å². The first-order valence-corrected chi connectivity index (χ1v) is 10.1. The number of likely N-dealkylation sites (N-methyl/N-ethyl adjacent to an activating group) is 1. The molecule has 2 rings (SSSR count). The van der Waals surface area contributed by atoms with E-state index in [1.807, 2.05) is 63.2 Å². The first-order valence-electron chi connectivity index (χ1n) is 9.33. The second kappa shape index (κ2) is 10.3. The van der Waals surface area contributed by atoms with E-state index in [2.05, 4.69) is 21.2 Å². The third-order valence-corrected chi connectivity index (χ3v) is 4.87. The van der Waals surface area contributed by atoms with Crippen LogP contribution in [0.1, 0.15) is 30.5 Å². The Kier molecular flexibility index (Phi) is 8.05. The van der Waals surface area contributed by atoms with Crippen LogP contribution in [0.2, 0.25) is 0 Å². The first kappa shape index (κ1) is 22.0. The summed E-state index contributed by atoms with van der Waals surface area (Å²) in [7, 11) is 0. The molecule has 2 amide bonds. The monoisotopic (exact) mass is 446 g/mol. The van der Waals surface area contributed by atoms with Crippen LogP contribution in [0.25, 0.3) is 0 Å². The normalized spacial score (nSPS) is 11.6. The number of nitrogens with one attached hydrogen (secondary N) is 1. The van der Waals surface area contributed by atoms with Crippen LogP contribution in [-0.2, 0) is 16.1 Å². The van der Waals surface area contributed by atoms with Gasteiger partial charge < -0.3 is 15.0 Å². The fraction of sp³-hybridized carbons (Fsp3) is 0.364. The Morgan fingerprint density at radius 2 is 1.71 bits per heavy atom. The fourth-order valence-electron chi connectivity index (χ4n) is 2.94. The number of aryl methyl sites for hydroxylation is 2. The predicted molar refractivity (Wildman–Crippen MR) is 114 cm³/mol. The van der Waals surface area contributed by atoms with Gasteiger partial charge in [-0.15, -0.1) is 0 Å². The van der Waals surface area contributed by atoms with Gasteiger partial charge in [0.05, 0.1) is 0 Å². The average molecular weight is 447 g/mol. The van der Waals surface area contributed by atoms with Crippen LogP contribution in [0.4, 0.5) is 0 Å². The Morgan fingerprint density at radius 3 is 2.29 bits per heavy atom. The minimum absolute atomic E-state index is 0.122. The van der Waals surface area contributed by atoms with Crippen LogP contribution in [0.15, 0.2) is 46.9 Å². The molecule has 5 nitrogen and oxygen atoms in total. The number of nitrogens with zero attached hydrogens (tertiary/aromatic N) is 1. The van der Waals surface area contributed by atoms with Gasteiger partial charge in [-0.3, -0.25) is 9.59 Å². The minimum Gasteiger partial charge on any atom is -0.484 e. The van der Waals surface area contributed by atoms with Crippen molar-refractivity contribution in [3.05, 3.63) is 63.6 Å². The molecule has 0 aromatic heterocycles. The van der Waals surface area contributed by atoms with Crippen molar-refractivity contribution in [3.8, 4) is 5.75 Å². The largest absolute Gasteiger partial charge is 0.484 e. The molecule has 0 aliphatic rings. The Hall–Kier alpha value is -2.34. The summed E-state index contributed by atoms with van der Waals surface area (Å²) in [6, 6.07) is 12.9. The number of ether oxygens (including phenoxy) is 1. The van der Waals surface area contributed by atoms with E-state index >= 15 is 0 Å². The van der Waals surface area contributed by atoms with Crippen LogP contribution in [0, 0.1) is 13.8 Å². The second-order valence-corrected chi connectivity index (χ2v) is 7.75. The Morgan fingerprint density at radius 1 is 1.11 bits per heavy atom. The molecule has 0 saturated carbocycles. The summed E-state index contributed by atoms with van der Waals surface area (Å²) >= 11 is 3.41. The summed E-state index contributed by atoms with van der Waals surface area (Å²) in [5.41, 5.74) is 3.09. The average Bonchev–Trinajstić information content (AvgIpc) is 2.64. The van der Waals surface area contributed by atoms with Crippen molar-refractivity contribution in [3.63, 3.8) is 0 Å². The minimum atomic E-state index is -0.598. The molecular weight excluding hydrogens is 420 g/mol. The number of carbonyl (C=O) groups is 2. The van der Waals surface area contributed by atoms with Crippen molar-refractivity contribution in [2.75, 3.05) is 13.2 Å². The van der Waals surface area contributed by atoms with Gasteiger partial charge in [0.2, 0.25) is 5.91 Å². The van der Waals surface area contributed by atoms with E-state index in [4.69, 9.17) is 4.74 Å². The van der Waals surface area contributed by atoms with Gasteiger partial charge in [0, 0.05) is 17.6 Å². The predicted octanol–water partition coefficient (Wildman–Crippen LogP) is 4.00. The highest BCUT2D eigenvalue weighted by atomic mass is 79.9. The summed E-state index contributed by atoms with van der Waals surface area (Å²) in [5, 5.41) is 2.78. The van der Waals surface area contributed by atoms with Gasteiger partial charge >= 0.3 is 0 Å². The van der Waals surface area contributed by atoms with Gasteiger partial charge in [-0.1, -0.05) is 34.1 Å². The lowest BCUT2D eigenvalue weighted by Crippen LogP contribution is -2.49. The molecule has 6 heteroatoms. The van der Waals surface area contributed by atoms with Gasteiger partial charge in [0.15, 0.2) is 6.61 Å². The van der Waals surface area contributed by atoms with E-state index in [1.54, 1.807) is 11.8 Å². The molecule has 0 bridgehead atoms. The number of carbonyl (C=O) groups excluding carboxylic acids is 2. The summed E-state index contributed by atoms with van der Waals surface area (Å²) in [5.74, 6) is 0.236. The van der Waals surface area contributed by atoms with Crippen LogP contribution >= 0.6 is 15.9 Å². The smallest absolute Gasteiger partial charge is 0.261 e. The number of rotatable bonds is 8. The molecule has 28 heavy (non-hydrogen) atoms. The van der Waals surface area contributed by atoms with Crippen molar-refractivity contribution >= 4 is 27.7 Å². The number of amides is 2. The van der Waals surface area contributed by atoms with E-state index < -0.39 is 6.04 Å². The van der Waals surface area contributed by atoms with E-state index in [1.165, 1.54) is 0 Å². The highest BCUT2D eigenvalue weighted by Gasteiger charge is 2.26. The molecule has 0 spiro atoms. The van der Waals surface area contributed by atoms with Gasteiger partial charge in [-0.25, -0.2) is 0 Å². The number of hydrogen-bond acceptors (Lipinski definition) is 3. The van der Waals surface area contributed by atoms with Crippen molar-refractivity contribution in [2.45, 2.75) is 40.3 Å². The van der Waals surface area contributed by atoms with Crippen molar-refractivity contribution in [1.82, 2.24) is 10.2 Å². The van der Waals surface area contributed by atoms with E-state index in [0.717, 1.165) is 21.2 Å². The molecule has 1 atom stereocenters. The molecule has 2 aromatic carbocycles. The topological polar surface area (TPSA) is 58.6 Å². The Bertz CT molecular complexity index is 801. The van der Waals surface area contributed by atoms with E-state index in [9.17, 15) is 9.59 Å². The van der Waals surface area contributed by atoms with Crippen molar-refractivity contribution in [2.24, 2.45) is 0 Å². The number of benzene rings is 2. The van der Waals surface area contributed by atoms with Gasteiger partial charge in [0.1, 0.15) is 11.8 Å². The molecule has 0 radical (unpaired) electrons. The maximum absolute atomic E-state index is 12.9. The number of halogens is 1. The first-order chi connectivity index (χ1) is 13.3. The van der Waals surface area contributed by atoms with Crippen LogP contribution in [0.3, 0.4) is 0 Å². The molecular formula is C22H27BrN2O3. The summed E-state index contributed by atoms with van der Waals surface area (Å²) in [6.45, 7) is 8.29. The second-order valence-electron chi connectivity index (χ2n) is 6.83. The maximum Gasteiger partial charge on any atom is 0.261 e. The van der Waals surface area contributed by atoms with E-state index in [0.29, 0.717) is 18.8 Å². The third kappa shape index (κ3) is 6.37. The van der Waals surface area contributed by atoms with Crippen LogP contribution in [-0.4, -0.2) is 35.9 Å².